The summed E-state index contributed by atoms with van der Waals surface area (Å²) in [6.45, 7) is 3.70. The molecular formula is C12H21N3O. The molecule has 1 N–H and O–H groups in total. The van der Waals surface area contributed by atoms with Crippen LogP contribution in [-0.2, 0) is 11.3 Å². The van der Waals surface area contributed by atoms with Gasteiger partial charge in [-0.25, -0.2) is 0 Å². The zero-order valence-corrected chi connectivity index (χ0v) is 10.5. The fourth-order valence-corrected chi connectivity index (χ4v) is 1.66. The summed E-state index contributed by atoms with van der Waals surface area (Å²) in [6.07, 6.45) is 3.73. The lowest BCUT2D eigenvalue weighted by atomic mass is 10.2. The first-order chi connectivity index (χ1) is 7.70. The van der Waals surface area contributed by atoms with Gasteiger partial charge in [-0.1, -0.05) is 0 Å². The highest BCUT2D eigenvalue weighted by molar-refractivity contribution is 5.51. The van der Waals surface area contributed by atoms with E-state index < -0.39 is 0 Å². The molecule has 1 atom stereocenters. The predicted molar refractivity (Wildman–Crippen MR) is 66.7 cm³/mol. The fourth-order valence-electron chi connectivity index (χ4n) is 1.66. The summed E-state index contributed by atoms with van der Waals surface area (Å²) < 4.78 is 5.17. The first kappa shape index (κ1) is 12.9. The van der Waals surface area contributed by atoms with Crippen molar-refractivity contribution in [1.82, 2.24) is 10.3 Å². The van der Waals surface area contributed by atoms with Crippen LogP contribution in [0.5, 0.6) is 0 Å². The van der Waals surface area contributed by atoms with Crippen LogP contribution >= 0.6 is 0 Å². The molecule has 1 aromatic rings. The molecule has 0 saturated heterocycles. The standard InChI is InChI=1S/C12H21N3O/c1-10(9-16-4)15(3)12-8-14-6-5-11(12)7-13-2/h5-6,8,10,13H,7,9H2,1-4H3. The average Bonchev–Trinajstić information content (AvgIpc) is 2.29. The van der Waals surface area contributed by atoms with Gasteiger partial charge in [0.05, 0.1) is 18.5 Å². The van der Waals surface area contributed by atoms with Crippen LogP contribution in [0.3, 0.4) is 0 Å². The van der Waals surface area contributed by atoms with Gasteiger partial charge in [-0.3, -0.25) is 4.98 Å². The molecule has 0 bridgehead atoms. The molecule has 0 aliphatic heterocycles. The quantitative estimate of drug-likeness (QED) is 0.788. The highest BCUT2D eigenvalue weighted by Crippen LogP contribution is 2.19. The highest BCUT2D eigenvalue weighted by atomic mass is 16.5. The Morgan fingerprint density at radius 2 is 2.31 bits per heavy atom. The Morgan fingerprint density at radius 1 is 1.56 bits per heavy atom. The van der Waals surface area contributed by atoms with Crippen molar-refractivity contribution in [1.29, 1.82) is 0 Å². The molecular weight excluding hydrogens is 202 g/mol. The molecule has 90 valence electrons. The maximum Gasteiger partial charge on any atom is 0.0663 e. The van der Waals surface area contributed by atoms with Gasteiger partial charge in [0.15, 0.2) is 0 Å². The van der Waals surface area contributed by atoms with E-state index in [1.165, 1.54) is 5.56 Å². The van der Waals surface area contributed by atoms with Crippen LogP contribution in [0, 0.1) is 0 Å². The van der Waals surface area contributed by atoms with Gasteiger partial charge in [0, 0.05) is 32.9 Å². The van der Waals surface area contributed by atoms with E-state index in [4.69, 9.17) is 4.74 Å². The minimum absolute atomic E-state index is 0.338. The van der Waals surface area contributed by atoms with Crippen molar-refractivity contribution in [2.45, 2.75) is 19.5 Å². The van der Waals surface area contributed by atoms with Crippen molar-refractivity contribution in [3.8, 4) is 0 Å². The van der Waals surface area contributed by atoms with Gasteiger partial charge in [0.2, 0.25) is 0 Å². The number of rotatable bonds is 6. The first-order valence-corrected chi connectivity index (χ1v) is 5.50. The number of anilines is 1. The number of aromatic nitrogens is 1. The van der Waals surface area contributed by atoms with Crippen LogP contribution in [0.25, 0.3) is 0 Å². The van der Waals surface area contributed by atoms with E-state index >= 15 is 0 Å². The van der Waals surface area contributed by atoms with Gasteiger partial charge in [0.25, 0.3) is 0 Å². The van der Waals surface area contributed by atoms with Crippen molar-refractivity contribution in [2.75, 3.05) is 32.7 Å². The lowest BCUT2D eigenvalue weighted by molar-refractivity contribution is 0.183. The van der Waals surface area contributed by atoms with E-state index in [1.54, 1.807) is 7.11 Å². The Hall–Kier alpha value is -1.13. The lowest BCUT2D eigenvalue weighted by Crippen LogP contribution is -2.33. The van der Waals surface area contributed by atoms with Gasteiger partial charge in [-0.05, 0) is 25.6 Å². The molecule has 1 rings (SSSR count). The van der Waals surface area contributed by atoms with E-state index in [-0.39, 0.29) is 0 Å². The first-order valence-electron chi connectivity index (χ1n) is 5.50. The molecule has 16 heavy (non-hydrogen) atoms. The summed E-state index contributed by atoms with van der Waals surface area (Å²) >= 11 is 0. The SMILES string of the molecule is CNCc1ccncc1N(C)C(C)COC. The monoisotopic (exact) mass is 223 g/mol. The van der Waals surface area contributed by atoms with E-state index in [9.17, 15) is 0 Å². The molecule has 1 unspecified atom stereocenters. The van der Waals surface area contributed by atoms with Crippen LogP contribution in [0.15, 0.2) is 18.5 Å². The van der Waals surface area contributed by atoms with Gasteiger partial charge in [-0.15, -0.1) is 0 Å². The van der Waals surface area contributed by atoms with Gasteiger partial charge < -0.3 is 15.0 Å². The molecule has 0 saturated carbocycles. The normalized spacial score (nSPS) is 12.5. The van der Waals surface area contributed by atoms with E-state index in [0.717, 1.165) is 12.2 Å². The molecule has 0 aliphatic rings. The van der Waals surface area contributed by atoms with E-state index in [2.05, 4.69) is 29.2 Å². The smallest absolute Gasteiger partial charge is 0.0663 e. The zero-order valence-electron chi connectivity index (χ0n) is 10.5. The summed E-state index contributed by atoms with van der Waals surface area (Å²) in [5.41, 5.74) is 2.41. The van der Waals surface area contributed by atoms with Crippen molar-refractivity contribution in [3.05, 3.63) is 24.0 Å². The maximum absolute atomic E-state index is 5.17. The van der Waals surface area contributed by atoms with Crippen molar-refractivity contribution < 1.29 is 4.74 Å². The largest absolute Gasteiger partial charge is 0.383 e. The van der Waals surface area contributed by atoms with Crippen LogP contribution in [0.4, 0.5) is 5.69 Å². The Bertz CT molecular complexity index is 317. The molecule has 4 nitrogen and oxygen atoms in total. The molecule has 0 aromatic carbocycles. The number of methoxy groups -OCH3 is 1. The van der Waals surface area contributed by atoms with Gasteiger partial charge >= 0.3 is 0 Å². The topological polar surface area (TPSA) is 37.4 Å². The zero-order chi connectivity index (χ0) is 12.0. The number of ether oxygens (including phenoxy) is 1. The highest BCUT2D eigenvalue weighted by Gasteiger charge is 2.12. The molecule has 1 heterocycles. The molecule has 1 aromatic heterocycles. The van der Waals surface area contributed by atoms with Gasteiger partial charge in [-0.2, -0.15) is 0 Å². The number of hydrogen-bond donors (Lipinski definition) is 1. The summed E-state index contributed by atoms with van der Waals surface area (Å²) in [5, 5.41) is 3.16. The molecule has 0 amide bonds. The lowest BCUT2D eigenvalue weighted by Gasteiger charge is -2.28. The van der Waals surface area contributed by atoms with Crippen molar-refractivity contribution in [2.24, 2.45) is 0 Å². The molecule has 0 radical (unpaired) electrons. The number of nitrogens with one attached hydrogen (secondary N) is 1. The average molecular weight is 223 g/mol. The minimum Gasteiger partial charge on any atom is -0.383 e. The van der Waals surface area contributed by atoms with E-state index in [0.29, 0.717) is 12.6 Å². The fraction of sp³-hybridized carbons (Fsp3) is 0.583. The second-order valence-corrected chi connectivity index (χ2v) is 3.95. The molecule has 0 fully saturated rings. The summed E-state index contributed by atoms with van der Waals surface area (Å²) in [7, 11) is 5.74. The van der Waals surface area contributed by atoms with Crippen LogP contribution < -0.4 is 10.2 Å². The van der Waals surface area contributed by atoms with Crippen LogP contribution in [-0.4, -0.2) is 38.8 Å². The molecule has 4 heteroatoms. The minimum atomic E-state index is 0.338. The number of nitrogens with zero attached hydrogens (tertiary/aromatic N) is 2. The Balaban J connectivity index is 2.84. The summed E-state index contributed by atoms with van der Waals surface area (Å²) in [6, 6.07) is 2.38. The van der Waals surface area contributed by atoms with Crippen molar-refractivity contribution in [3.63, 3.8) is 0 Å². The summed E-state index contributed by atoms with van der Waals surface area (Å²) in [5.74, 6) is 0. The number of likely N-dealkylation sites (N-methyl/N-ethyl adjacent to an activating group) is 1. The third kappa shape index (κ3) is 3.18. The van der Waals surface area contributed by atoms with Crippen LogP contribution in [0.1, 0.15) is 12.5 Å². The Morgan fingerprint density at radius 3 is 2.94 bits per heavy atom. The van der Waals surface area contributed by atoms with Gasteiger partial charge in [0.1, 0.15) is 0 Å². The van der Waals surface area contributed by atoms with Crippen molar-refractivity contribution >= 4 is 5.69 Å². The number of pyridine rings is 1. The molecule has 0 aliphatic carbocycles. The summed E-state index contributed by atoms with van der Waals surface area (Å²) in [4.78, 5) is 6.38. The third-order valence-electron chi connectivity index (χ3n) is 2.70. The second-order valence-electron chi connectivity index (χ2n) is 3.95. The second kappa shape index (κ2) is 6.45. The predicted octanol–water partition coefficient (Wildman–Crippen LogP) is 1.27. The Kier molecular flexibility index (Phi) is 5.22. The maximum atomic E-state index is 5.17. The molecule has 0 spiro atoms. The van der Waals surface area contributed by atoms with Crippen LogP contribution in [0.2, 0.25) is 0 Å². The Labute approximate surface area is 97.6 Å². The number of hydrogen-bond acceptors (Lipinski definition) is 4. The third-order valence-corrected chi connectivity index (χ3v) is 2.70. The van der Waals surface area contributed by atoms with E-state index in [1.807, 2.05) is 25.5 Å².